The largest absolute Gasteiger partial charge is 0.378 e. The van der Waals surface area contributed by atoms with Gasteiger partial charge in [-0.1, -0.05) is 0 Å². The van der Waals surface area contributed by atoms with Crippen LogP contribution in [0.1, 0.15) is 5.69 Å². The van der Waals surface area contributed by atoms with E-state index in [0.29, 0.717) is 18.9 Å². The maximum absolute atomic E-state index is 14.0. The van der Waals surface area contributed by atoms with E-state index in [2.05, 4.69) is 15.2 Å². The molecule has 8 heteroatoms. The van der Waals surface area contributed by atoms with E-state index in [-0.39, 0.29) is 11.4 Å². The van der Waals surface area contributed by atoms with Crippen LogP contribution < -0.4 is 10.2 Å². The molecule has 0 saturated carbocycles. The molecule has 2 heterocycles. The lowest BCUT2D eigenvalue weighted by Gasteiger charge is -2.28. The summed E-state index contributed by atoms with van der Waals surface area (Å²) in [4.78, 5) is 16.7. The summed E-state index contributed by atoms with van der Waals surface area (Å²) in [5.41, 5.74) is 1.26. The molecular weight excluding hydrogens is 315 g/mol. The first-order chi connectivity index (χ1) is 11.5. The second-order valence-corrected chi connectivity index (χ2v) is 5.45. The van der Waals surface area contributed by atoms with Gasteiger partial charge in [0.05, 0.1) is 41.3 Å². The third kappa shape index (κ3) is 3.43. The van der Waals surface area contributed by atoms with Crippen LogP contribution in [0.25, 0.3) is 0 Å². The summed E-state index contributed by atoms with van der Waals surface area (Å²) in [7, 11) is 0. The smallest absolute Gasteiger partial charge is 0.272 e. The van der Waals surface area contributed by atoms with Crippen LogP contribution in [-0.4, -0.2) is 36.2 Å². The standard InChI is InChI=1S/C16H17FN4O3/c1-11-14(4-5-16(18-11)20-6-8-24-9-7-20)19-15-3-2-12(21(22)23)10-13(15)17/h2-5,10,19H,6-9H2,1H3. The summed E-state index contributed by atoms with van der Waals surface area (Å²) in [6.45, 7) is 4.76. The van der Waals surface area contributed by atoms with Gasteiger partial charge >= 0.3 is 0 Å². The van der Waals surface area contributed by atoms with Crippen molar-refractivity contribution in [3.8, 4) is 0 Å². The normalized spacial score (nSPS) is 14.5. The van der Waals surface area contributed by atoms with Gasteiger partial charge in [0.15, 0.2) is 5.82 Å². The molecule has 0 bridgehead atoms. The summed E-state index contributed by atoms with van der Waals surface area (Å²) >= 11 is 0. The Kier molecular flexibility index (Phi) is 4.57. The number of anilines is 3. The molecule has 2 aromatic rings. The molecule has 0 unspecified atom stereocenters. The van der Waals surface area contributed by atoms with Gasteiger partial charge in [0.1, 0.15) is 5.82 Å². The van der Waals surface area contributed by atoms with Crippen molar-refractivity contribution in [1.29, 1.82) is 0 Å². The number of morpholine rings is 1. The van der Waals surface area contributed by atoms with Crippen LogP contribution in [0.15, 0.2) is 30.3 Å². The fourth-order valence-electron chi connectivity index (χ4n) is 2.51. The lowest BCUT2D eigenvalue weighted by Crippen LogP contribution is -2.36. The van der Waals surface area contributed by atoms with Crippen molar-refractivity contribution >= 4 is 22.9 Å². The molecule has 0 atom stereocenters. The number of hydrogen-bond acceptors (Lipinski definition) is 6. The lowest BCUT2D eigenvalue weighted by molar-refractivity contribution is -0.385. The van der Waals surface area contributed by atoms with Crippen LogP contribution in [0, 0.1) is 22.9 Å². The van der Waals surface area contributed by atoms with Crippen LogP contribution in [0.5, 0.6) is 0 Å². The predicted octanol–water partition coefficient (Wildman–Crippen LogP) is 3.02. The number of rotatable bonds is 4. The Bertz CT molecular complexity index is 763. The van der Waals surface area contributed by atoms with Crippen LogP contribution >= 0.6 is 0 Å². The van der Waals surface area contributed by atoms with Gasteiger partial charge in [-0.05, 0) is 25.1 Å². The number of hydrogen-bond donors (Lipinski definition) is 1. The highest BCUT2D eigenvalue weighted by atomic mass is 19.1. The molecular formula is C16H17FN4O3. The van der Waals surface area contributed by atoms with Crippen molar-refractivity contribution in [3.63, 3.8) is 0 Å². The number of nitrogens with one attached hydrogen (secondary N) is 1. The molecule has 7 nitrogen and oxygen atoms in total. The molecule has 1 aliphatic rings. The maximum atomic E-state index is 14.0. The van der Waals surface area contributed by atoms with Crippen LogP contribution in [0.2, 0.25) is 0 Å². The number of benzene rings is 1. The van der Waals surface area contributed by atoms with E-state index in [1.807, 2.05) is 19.1 Å². The second kappa shape index (κ2) is 6.79. The number of nitro groups is 1. The molecule has 0 aliphatic carbocycles. The molecule has 1 aromatic carbocycles. The van der Waals surface area contributed by atoms with Crippen LogP contribution in [-0.2, 0) is 4.74 Å². The fourth-order valence-corrected chi connectivity index (χ4v) is 2.51. The zero-order valence-electron chi connectivity index (χ0n) is 13.2. The number of nitrogens with zero attached hydrogens (tertiary/aromatic N) is 3. The van der Waals surface area contributed by atoms with E-state index >= 15 is 0 Å². The summed E-state index contributed by atoms with van der Waals surface area (Å²) in [6, 6.07) is 7.20. The van der Waals surface area contributed by atoms with Crippen molar-refractivity contribution in [2.24, 2.45) is 0 Å². The molecule has 1 aromatic heterocycles. The Morgan fingerprint density at radius 3 is 2.58 bits per heavy atom. The minimum atomic E-state index is -0.680. The molecule has 3 rings (SSSR count). The van der Waals surface area contributed by atoms with E-state index in [4.69, 9.17) is 4.74 Å². The van der Waals surface area contributed by atoms with E-state index in [0.717, 1.165) is 30.7 Å². The molecule has 0 radical (unpaired) electrons. The van der Waals surface area contributed by atoms with Crippen LogP contribution in [0.3, 0.4) is 0 Å². The summed E-state index contributed by atoms with van der Waals surface area (Å²) in [5, 5.41) is 13.6. The molecule has 1 fully saturated rings. The van der Waals surface area contributed by atoms with E-state index in [1.54, 1.807) is 0 Å². The molecule has 0 amide bonds. The molecule has 24 heavy (non-hydrogen) atoms. The maximum Gasteiger partial charge on any atom is 0.272 e. The molecule has 126 valence electrons. The minimum absolute atomic E-state index is 0.171. The first kappa shape index (κ1) is 16.1. The van der Waals surface area contributed by atoms with Gasteiger partial charge in [0.25, 0.3) is 5.69 Å². The van der Waals surface area contributed by atoms with Gasteiger partial charge in [-0.2, -0.15) is 0 Å². The quantitative estimate of drug-likeness (QED) is 0.685. The Morgan fingerprint density at radius 1 is 1.25 bits per heavy atom. The van der Waals surface area contributed by atoms with Crippen molar-refractivity contribution in [3.05, 3.63) is 52.0 Å². The summed E-state index contributed by atoms with van der Waals surface area (Å²) in [6.07, 6.45) is 0. The second-order valence-electron chi connectivity index (χ2n) is 5.45. The number of pyridine rings is 1. The Balaban J connectivity index is 1.79. The van der Waals surface area contributed by atoms with E-state index < -0.39 is 10.7 Å². The van der Waals surface area contributed by atoms with Gasteiger partial charge < -0.3 is 15.0 Å². The molecule has 1 aliphatic heterocycles. The Labute approximate surface area is 138 Å². The molecule has 1 N–H and O–H groups in total. The van der Waals surface area contributed by atoms with Crippen LogP contribution in [0.4, 0.5) is 27.3 Å². The van der Waals surface area contributed by atoms with Gasteiger partial charge in [0, 0.05) is 19.2 Å². The van der Waals surface area contributed by atoms with Crippen molar-refractivity contribution in [1.82, 2.24) is 4.98 Å². The highest BCUT2D eigenvalue weighted by Gasteiger charge is 2.15. The monoisotopic (exact) mass is 332 g/mol. The van der Waals surface area contributed by atoms with Gasteiger partial charge in [-0.15, -0.1) is 0 Å². The lowest BCUT2D eigenvalue weighted by atomic mass is 10.2. The minimum Gasteiger partial charge on any atom is -0.378 e. The van der Waals surface area contributed by atoms with Crippen molar-refractivity contribution < 1.29 is 14.1 Å². The summed E-state index contributed by atoms with van der Waals surface area (Å²) < 4.78 is 19.3. The van der Waals surface area contributed by atoms with Crippen molar-refractivity contribution in [2.75, 3.05) is 36.5 Å². The summed E-state index contributed by atoms with van der Waals surface area (Å²) in [5.74, 6) is 0.173. The number of nitro benzene ring substituents is 1. The zero-order valence-corrected chi connectivity index (χ0v) is 13.2. The predicted molar refractivity (Wildman–Crippen MR) is 88.3 cm³/mol. The topological polar surface area (TPSA) is 80.5 Å². The SMILES string of the molecule is Cc1nc(N2CCOCC2)ccc1Nc1ccc([N+](=O)[O-])cc1F. The Hall–Kier alpha value is -2.74. The Morgan fingerprint density at radius 2 is 1.96 bits per heavy atom. The first-order valence-electron chi connectivity index (χ1n) is 7.56. The molecule has 0 spiro atoms. The highest BCUT2D eigenvalue weighted by molar-refractivity contribution is 5.65. The number of ether oxygens (including phenoxy) is 1. The highest BCUT2D eigenvalue weighted by Crippen LogP contribution is 2.26. The molecule has 1 saturated heterocycles. The first-order valence-corrected chi connectivity index (χ1v) is 7.56. The van der Waals surface area contributed by atoms with E-state index in [1.165, 1.54) is 12.1 Å². The third-order valence-corrected chi connectivity index (χ3v) is 3.84. The third-order valence-electron chi connectivity index (χ3n) is 3.84. The van der Waals surface area contributed by atoms with Crippen molar-refractivity contribution in [2.45, 2.75) is 6.92 Å². The van der Waals surface area contributed by atoms with Gasteiger partial charge in [0.2, 0.25) is 0 Å². The van der Waals surface area contributed by atoms with E-state index in [9.17, 15) is 14.5 Å². The number of halogens is 1. The number of aromatic nitrogens is 1. The number of non-ortho nitro benzene ring substituents is 1. The fraction of sp³-hybridized carbons (Fsp3) is 0.312. The van der Waals surface area contributed by atoms with Gasteiger partial charge in [-0.3, -0.25) is 10.1 Å². The number of aryl methyl sites for hydroxylation is 1. The average molecular weight is 332 g/mol. The zero-order chi connectivity index (χ0) is 17.1. The van der Waals surface area contributed by atoms with Gasteiger partial charge in [-0.25, -0.2) is 9.37 Å². The average Bonchev–Trinajstić information content (AvgIpc) is 2.59.